The lowest BCUT2D eigenvalue weighted by atomic mass is 10.1. The highest BCUT2D eigenvalue weighted by Crippen LogP contribution is 2.32. The SMILES string of the molecule is CC(CNC(=O)Nc1snc(OCc2cccc(Cl)c2Cl)c1C(N)=O)CN1CCOCC1. The molecule has 1 saturated heterocycles. The van der Waals surface area contributed by atoms with E-state index in [-0.39, 0.29) is 29.0 Å². The van der Waals surface area contributed by atoms with E-state index in [0.29, 0.717) is 22.2 Å². The van der Waals surface area contributed by atoms with Gasteiger partial charge in [-0.25, -0.2) is 4.79 Å². The van der Waals surface area contributed by atoms with Crippen LogP contribution in [0.1, 0.15) is 22.8 Å². The number of hydrogen-bond donors (Lipinski definition) is 3. The van der Waals surface area contributed by atoms with Crippen LogP contribution >= 0.6 is 34.7 Å². The quantitative estimate of drug-likeness (QED) is 0.485. The Hall–Kier alpha value is -2.11. The molecule has 2 heterocycles. The molecule has 2 aromatic rings. The number of nitrogens with one attached hydrogen (secondary N) is 2. The first-order valence-corrected chi connectivity index (χ1v) is 11.6. The van der Waals surface area contributed by atoms with Gasteiger partial charge < -0.3 is 20.5 Å². The largest absolute Gasteiger partial charge is 0.472 e. The van der Waals surface area contributed by atoms with Crippen molar-refractivity contribution in [3.8, 4) is 5.88 Å². The van der Waals surface area contributed by atoms with Crippen molar-refractivity contribution in [2.75, 3.05) is 44.7 Å². The average molecular weight is 502 g/mol. The molecule has 1 fully saturated rings. The molecule has 0 radical (unpaired) electrons. The van der Waals surface area contributed by atoms with Gasteiger partial charge in [-0.2, -0.15) is 4.37 Å². The van der Waals surface area contributed by atoms with Crippen LogP contribution < -0.4 is 21.1 Å². The van der Waals surface area contributed by atoms with Gasteiger partial charge in [0.2, 0.25) is 5.88 Å². The number of carbonyl (C=O) groups is 2. The summed E-state index contributed by atoms with van der Waals surface area (Å²) >= 11 is 13.1. The molecule has 174 valence electrons. The molecule has 1 aliphatic heterocycles. The van der Waals surface area contributed by atoms with Crippen molar-refractivity contribution < 1.29 is 19.1 Å². The molecule has 1 aromatic carbocycles. The molecular formula is C20H25Cl2N5O4S. The third-order valence-electron chi connectivity index (χ3n) is 4.81. The fourth-order valence-electron chi connectivity index (χ4n) is 3.19. The van der Waals surface area contributed by atoms with Crippen molar-refractivity contribution in [2.45, 2.75) is 13.5 Å². The van der Waals surface area contributed by atoms with Crippen molar-refractivity contribution in [2.24, 2.45) is 11.7 Å². The number of nitrogens with two attached hydrogens (primary N) is 1. The standard InChI is InChI=1S/C20H25Cl2N5O4S/c1-12(10-27-5-7-30-8-6-27)9-24-20(29)25-19-15(17(23)28)18(26-32-19)31-11-13-3-2-4-14(21)16(13)22/h2-4,12H,5-11H2,1H3,(H2,23,28)(H2,24,25,29). The minimum absolute atomic E-state index is 0.00432. The van der Waals surface area contributed by atoms with Crippen molar-refractivity contribution in [3.63, 3.8) is 0 Å². The maximum atomic E-state index is 12.4. The van der Waals surface area contributed by atoms with Crippen LogP contribution in [0.5, 0.6) is 5.88 Å². The molecule has 0 bridgehead atoms. The smallest absolute Gasteiger partial charge is 0.319 e. The van der Waals surface area contributed by atoms with E-state index in [1.165, 1.54) is 0 Å². The topological polar surface area (TPSA) is 119 Å². The number of rotatable bonds is 9. The number of primary amides is 1. The molecule has 12 heteroatoms. The Morgan fingerprint density at radius 2 is 2.09 bits per heavy atom. The number of amides is 3. The molecule has 0 saturated carbocycles. The average Bonchev–Trinajstić information content (AvgIpc) is 3.16. The second-order valence-electron chi connectivity index (χ2n) is 7.41. The molecule has 0 aliphatic carbocycles. The highest BCUT2D eigenvalue weighted by molar-refractivity contribution is 7.11. The third-order valence-corrected chi connectivity index (χ3v) is 6.42. The first kappa shape index (κ1) is 24.5. The number of nitrogens with zero attached hydrogens (tertiary/aromatic N) is 2. The van der Waals surface area contributed by atoms with E-state index in [9.17, 15) is 9.59 Å². The summed E-state index contributed by atoms with van der Waals surface area (Å²) in [6.07, 6.45) is 0. The molecule has 4 N–H and O–H groups in total. The van der Waals surface area contributed by atoms with Crippen LogP contribution in [0.3, 0.4) is 0 Å². The van der Waals surface area contributed by atoms with Crippen LogP contribution in [0.4, 0.5) is 9.80 Å². The lowest BCUT2D eigenvalue weighted by Crippen LogP contribution is -2.42. The van der Waals surface area contributed by atoms with Gasteiger partial charge in [0.15, 0.2) is 0 Å². The molecule has 1 aliphatic rings. The maximum Gasteiger partial charge on any atom is 0.319 e. The lowest BCUT2D eigenvalue weighted by Gasteiger charge is -2.29. The van der Waals surface area contributed by atoms with Crippen molar-refractivity contribution in [1.29, 1.82) is 0 Å². The minimum Gasteiger partial charge on any atom is -0.472 e. The van der Waals surface area contributed by atoms with Gasteiger partial charge in [-0.1, -0.05) is 42.3 Å². The molecule has 0 spiro atoms. The number of carbonyl (C=O) groups excluding carboxylic acids is 2. The Morgan fingerprint density at radius 1 is 1.34 bits per heavy atom. The first-order valence-electron chi connectivity index (χ1n) is 10.0. The second-order valence-corrected chi connectivity index (χ2v) is 8.97. The van der Waals surface area contributed by atoms with E-state index < -0.39 is 11.9 Å². The molecular weight excluding hydrogens is 477 g/mol. The first-order chi connectivity index (χ1) is 15.3. The zero-order valence-corrected chi connectivity index (χ0v) is 19.9. The van der Waals surface area contributed by atoms with E-state index in [2.05, 4.69) is 26.8 Å². The number of morpholine rings is 1. The summed E-state index contributed by atoms with van der Waals surface area (Å²) in [5, 5.41) is 6.41. The Labute approximate surface area is 200 Å². The van der Waals surface area contributed by atoms with Crippen LogP contribution in [-0.2, 0) is 11.3 Å². The predicted octanol–water partition coefficient (Wildman–Crippen LogP) is 3.22. The molecule has 3 rings (SSSR count). The van der Waals surface area contributed by atoms with Gasteiger partial charge in [0, 0.05) is 31.7 Å². The van der Waals surface area contributed by atoms with E-state index in [0.717, 1.165) is 44.4 Å². The normalized spacial score (nSPS) is 15.2. The van der Waals surface area contributed by atoms with Crippen LogP contribution in [-0.4, -0.2) is 60.6 Å². The Kier molecular flexibility index (Phi) is 8.94. The van der Waals surface area contributed by atoms with Crippen LogP contribution in [0.15, 0.2) is 18.2 Å². The Balaban J connectivity index is 1.55. The Morgan fingerprint density at radius 3 is 2.81 bits per heavy atom. The second kappa shape index (κ2) is 11.7. The van der Waals surface area contributed by atoms with E-state index in [1.54, 1.807) is 18.2 Å². The monoisotopic (exact) mass is 501 g/mol. The highest BCUT2D eigenvalue weighted by atomic mass is 35.5. The molecule has 1 atom stereocenters. The summed E-state index contributed by atoms with van der Waals surface area (Å²) < 4.78 is 15.1. The van der Waals surface area contributed by atoms with Gasteiger partial charge in [-0.15, -0.1) is 0 Å². The molecule has 1 unspecified atom stereocenters. The minimum atomic E-state index is -0.762. The van der Waals surface area contributed by atoms with Gasteiger partial charge in [0.05, 0.1) is 23.3 Å². The summed E-state index contributed by atoms with van der Waals surface area (Å²) in [7, 11) is 0. The summed E-state index contributed by atoms with van der Waals surface area (Å²) in [4.78, 5) is 26.6. The van der Waals surface area contributed by atoms with Gasteiger partial charge in [0.1, 0.15) is 17.2 Å². The number of halogens is 2. The number of benzene rings is 1. The number of anilines is 1. The summed E-state index contributed by atoms with van der Waals surface area (Å²) in [5.41, 5.74) is 6.13. The zero-order chi connectivity index (χ0) is 23.1. The zero-order valence-electron chi connectivity index (χ0n) is 17.5. The van der Waals surface area contributed by atoms with E-state index in [4.69, 9.17) is 38.4 Å². The molecule has 32 heavy (non-hydrogen) atoms. The molecule has 1 aromatic heterocycles. The van der Waals surface area contributed by atoms with Gasteiger partial charge >= 0.3 is 6.03 Å². The van der Waals surface area contributed by atoms with Crippen LogP contribution in [0.25, 0.3) is 0 Å². The molecule has 3 amide bonds. The van der Waals surface area contributed by atoms with Crippen molar-refractivity contribution in [3.05, 3.63) is 39.4 Å². The predicted molar refractivity (Wildman–Crippen MR) is 125 cm³/mol. The number of hydrogen-bond acceptors (Lipinski definition) is 7. The summed E-state index contributed by atoms with van der Waals surface area (Å²) in [6, 6.07) is 4.69. The number of urea groups is 1. The van der Waals surface area contributed by atoms with Gasteiger partial charge in [-0.3, -0.25) is 15.0 Å². The van der Waals surface area contributed by atoms with Crippen LogP contribution in [0, 0.1) is 5.92 Å². The van der Waals surface area contributed by atoms with Crippen molar-refractivity contribution >= 4 is 51.7 Å². The van der Waals surface area contributed by atoms with Crippen LogP contribution in [0.2, 0.25) is 10.0 Å². The Bertz CT molecular complexity index is 952. The third kappa shape index (κ3) is 6.69. The fourth-order valence-corrected chi connectivity index (χ4v) is 4.30. The van der Waals surface area contributed by atoms with E-state index in [1.807, 2.05) is 0 Å². The van der Waals surface area contributed by atoms with Crippen molar-refractivity contribution in [1.82, 2.24) is 14.6 Å². The van der Waals surface area contributed by atoms with Gasteiger partial charge in [0.25, 0.3) is 5.91 Å². The number of ether oxygens (including phenoxy) is 2. The lowest BCUT2D eigenvalue weighted by molar-refractivity contribution is 0.0320. The summed E-state index contributed by atoms with van der Waals surface area (Å²) in [5.74, 6) is -0.492. The number of aromatic nitrogens is 1. The van der Waals surface area contributed by atoms with E-state index >= 15 is 0 Å². The fraction of sp³-hybridized carbons (Fsp3) is 0.450. The highest BCUT2D eigenvalue weighted by Gasteiger charge is 2.23. The van der Waals surface area contributed by atoms with Gasteiger partial charge in [-0.05, 0) is 23.5 Å². The molecule has 9 nitrogen and oxygen atoms in total. The maximum absolute atomic E-state index is 12.4. The summed E-state index contributed by atoms with van der Waals surface area (Å²) in [6.45, 7) is 6.68.